The molecule has 12 heteroatoms. The second-order valence-electron chi connectivity index (χ2n) is 10.3. The van der Waals surface area contributed by atoms with E-state index in [-0.39, 0.29) is 29.6 Å². The summed E-state index contributed by atoms with van der Waals surface area (Å²) in [5.41, 5.74) is -0.0372. The number of carbonyl (C=O) groups is 2. The van der Waals surface area contributed by atoms with Gasteiger partial charge in [0.1, 0.15) is 18.3 Å². The number of sulfonamides is 1. The Balaban J connectivity index is 2.13. The number of nitrogens with zero attached hydrogens (tertiary/aromatic N) is 2. The van der Waals surface area contributed by atoms with Crippen LogP contribution in [-0.4, -0.2) is 50.9 Å². The van der Waals surface area contributed by atoms with Gasteiger partial charge in [-0.15, -0.1) is 0 Å². The van der Waals surface area contributed by atoms with Gasteiger partial charge < -0.3 is 15.0 Å². The number of methoxy groups -OCH3 is 1. The highest BCUT2D eigenvalue weighted by molar-refractivity contribution is 7.92. The van der Waals surface area contributed by atoms with Gasteiger partial charge in [0, 0.05) is 12.6 Å². The molecule has 0 aliphatic carbocycles. The van der Waals surface area contributed by atoms with Crippen LogP contribution in [0.15, 0.2) is 77.7 Å². The van der Waals surface area contributed by atoms with Gasteiger partial charge >= 0.3 is 6.18 Å². The Labute approximate surface area is 250 Å². The first-order chi connectivity index (χ1) is 20.2. The first-order valence-electron chi connectivity index (χ1n) is 13.7. The van der Waals surface area contributed by atoms with Crippen molar-refractivity contribution in [3.05, 3.63) is 89.5 Å². The second-order valence-corrected chi connectivity index (χ2v) is 12.2. The maximum absolute atomic E-state index is 14.1. The van der Waals surface area contributed by atoms with E-state index in [9.17, 15) is 31.2 Å². The number of ether oxygens (including phenoxy) is 1. The number of aryl methyl sites for hydroxylation is 1. The highest BCUT2D eigenvalue weighted by atomic mass is 32.2. The lowest BCUT2D eigenvalue weighted by Crippen LogP contribution is -2.53. The van der Waals surface area contributed by atoms with Crippen LogP contribution in [0.5, 0.6) is 5.75 Å². The fourth-order valence-corrected chi connectivity index (χ4v) is 5.88. The zero-order valence-electron chi connectivity index (χ0n) is 24.7. The Morgan fingerprint density at radius 3 is 2.21 bits per heavy atom. The molecule has 0 fully saturated rings. The fraction of sp³-hybridized carbons (Fsp3) is 0.355. The lowest BCUT2D eigenvalue weighted by atomic mass is 10.1. The Morgan fingerprint density at radius 1 is 0.977 bits per heavy atom. The molecule has 0 radical (unpaired) electrons. The summed E-state index contributed by atoms with van der Waals surface area (Å²) in [5.74, 6) is -0.709. The summed E-state index contributed by atoms with van der Waals surface area (Å²) in [6.07, 6.45) is -4.55. The van der Waals surface area contributed by atoms with Crippen LogP contribution in [0.25, 0.3) is 0 Å². The maximum Gasteiger partial charge on any atom is 0.416 e. The first-order valence-corrected chi connectivity index (χ1v) is 15.1. The van der Waals surface area contributed by atoms with E-state index in [1.54, 1.807) is 64.1 Å². The minimum absolute atomic E-state index is 0.0823. The number of hydrogen-bond acceptors (Lipinski definition) is 5. The molecule has 8 nitrogen and oxygen atoms in total. The lowest BCUT2D eigenvalue weighted by Gasteiger charge is -2.33. The molecule has 2 amide bonds. The predicted octanol–water partition coefficient (Wildman–Crippen LogP) is 5.55. The minimum atomic E-state index is -4.75. The molecule has 3 aromatic rings. The number of benzene rings is 3. The van der Waals surface area contributed by atoms with Crippen molar-refractivity contribution in [2.24, 2.45) is 0 Å². The summed E-state index contributed by atoms with van der Waals surface area (Å²) in [6.45, 7) is 6.07. The smallest absolute Gasteiger partial charge is 0.416 e. The van der Waals surface area contributed by atoms with Gasteiger partial charge in [0.15, 0.2) is 0 Å². The van der Waals surface area contributed by atoms with Crippen LogP contribution in [0.4, 0.5) is 18.9 Å². The SMILES string of the molecule is CC[C@@H](C(=O)NC(C)C)N(Cc1cccc(OC)c1)C(=O)CN(c1cccc(C(F)(F)F)c1)S(=O)(=O)c1ccc(C)cc1. The molecule has 0 saturated heterocycles. The largest absolute Gasteiger partial charge is 0.497 e. The molecule has 0 unspecified atom stereocenters. The van der Waals surface area contributed by atoms with Crippen LogP contribution in [-0.2, 0) is 32.3 Å². The van der Waals surface area contributed by atoms with Crippen molar-refractivity contribution in [3.63, 3.8) is 0 Å². The lowest BCUT2D eigenvalue weighted by molar-refractivity contribution is -0.140. The van der Waals surface area contributed by atoms with Crippen molar-refractivity contribution >= 4 is 27.5 Å². The summed E-state index contributed by atoms with van der Waals surface area (Å²) in [4.78, 5) is 28.3. The molecule has 0 bridgehead atoms. The van der Waals surface area contributed by atoms with Crippen molar-refractivity contribution in [3.8, 4) is 5.75 Å². The normalized spacial score (nSPS) is 12.5. The molecule has 3 rings (SSSR count). The number of carbonyl (C=O) groups excluding carboxylic acids is 2. The predicted molar refractivity (Wildman–Crippen MR) is 158 cm³/mol. The van der Waals surface area contributed by atoms with Gasteiger partial charge in [-0.2, -0.15) is 13.2 Å². The van der Waals surface area contributed by atoms with Crippen LogP contribution < -0.4 is 14.4 Å². The Hall–Kier alpha value is -4.06. The van der Waals surface area contributed by atoms with Crippen LogP contribution >= 0.6 is 0 Å². The van der Waals surface area contributed by atoms with Gasteiger partial charge in [-0.05, 0) is 75.2 Å². The van der Waals surface area contributed by atoms with E-state index in [1.807, 2.05) is 0 Å². The molecule has 0 aliphatic heterocycles. The van der Waals surface area contributed by atoms with Crippen LogP contribution in [0.2, 0.25) is 0 Å². The molecule has 0 aromatic heterocycles. The summed E-state index contributed by atoms with van der Waals surface area (Å²) >= 11 is 0. The van der Waals surface area contributed by atoms with Gasteiger partial charge in [-0.1, -0.05) is 42.8 Å². The third-order valence-corrected chi connectivity index (χ3v) is 8.44. The van der Waals surface area contributed by atoms with Crippen molar-refractivity contribution < 1.29 is 35.9 Å². The summed E-state index contributed by atoms with van der Waals surface area (Å²) in [5, 5.41) is 2.79. The Kier molecular flexibility index (Phi) is 10.8. The topological polar surface area (TPSA) is 96.0 Å². The van der Waals surface area contributed by atoms with Crippen LogP contribution in [0.1, 0.15) is 43.9 Å². The number of anilines is 1. The van der Waals surface area contributed by atoms with Crippen molar-refractivity contribution in [1.82, 2.24) is 10.2 Å². The number of rotatable bonds is 12. The zero-order valence-corrected chi connectivity index (χ0v) is 25.5. The van der Waals surface area contributed by atoms with E-state index in [1.165, 1.54) is 30.2 Å². The van der Waals surface area contributed by atoms with E-state index in [4.69, 9.17) is 4.74 Å². The monoisotopic (exact) mass is 619 g/mol. The molecule has 0 saturated carbocycles. The summed E-state index contributed by atoms with van der Waals surface area (Å²) < 4.78 is 74.7. The maximum atomic E-state index is 14.1. The molecule has 1 atom stereocenters. The van der Waals surface area contributed by atoms with Crippen molar-refractivity contribution in [2.45, 2.75) is 63.8 Å². The highest BCUT2D eigenvalue weighted by Gasteiger charge is 2.36. The fourth-order valence-electron chi connectivity index (χ4n) is 4.47. The number of hydrogen-bond donors (Lipinski definition) is 1. The minimum Gasteiger partial charge on any atom is -0.497 e. The van der Waals surface area contributed by atoms with Crippen molar-refractivity contribution in [2.75, 3.05) is 18.0 Å². The third-order valence-electron chi connectivity index (χ3n) is 6.65. The molecular weight excluding hydrogens is 583 g/mol. The summed E-state index contributed by atoms with van der Waals surface area (Å²) in [7, 11) is -3.04. The first kappa shape index (κ1) is 33.4. The molecule has 1 N–H and O–H groups in total. The van der Waals surface area contributed by atoms with Gasteiger partial charge in [-0.25, -0.2) is 8.42 Å². The number of alkyl halides is 3. The van der Waals surface area contributed by atoms with E-state index in [0.717, 1.165) is 17.7 Å². The van der Waals surface area contributed by atoms with E-state index >= 15 is 0 Å². The quantitative estimate of drug-likeness (QED) is 0.287. The highest BCUT2D eigenvalue weighted by Crippen LogP contribution is 2.33. The average Bonchev–Trinajstić information content (AvgIpc) is 2.95. The van der Waals surface area contributed by atoms with Gasteiger partial charge in [-0.3, -0.25) is 13.9 Å². The number of halogens is 3. The molecule has 0 aliphatic rings. The summed E-state index contributed by atoms with van der Waals surface area (Å²) in [6, 6.07) is 15.1. The number of amides is 2. The van der Waals surface area contributed by atoms with Gasteiger partial charge in [0.2, 0.25) is 11.8 Å². The zero-order chi connectivity index (χ0) is 31.9. The average molecular weight is 620 g/mol. The second kappa shape index (κ2) is 13.9. The number of nitrogens with one attached hydrogen (secondary N) is 1. The Bertz CT molecular complexity index is 1530. The van der Waals surface area contributed by atoms with E-state index in [0.29, 0.717) is 21.7 Å². The molecule has 0 spiro atoms. The van der Waals surface area contributed by atoms with Gasteiger partial charge in [0.25, 0.3) is 10.0 Å². The van der Waals surface area contributed by atoms with E-state index in [2.05, 4.69) is 5.32 Å². The molecule has 43 heavy (non-hydrogen) atoms. The Morgan fingerprint density at radius 2 is 1.63 bits per heavy atom. The molecule has 0 heterocycles. The molecule has 3 aromatic carbocycles. The van der Waals surface area contributed by atoms with E-state index < -0.39 is 46.2 Å². The van der Waals surface area contributed by atoms with Crippen LogP contribution in [0.3, 0.4) is 0 Å². The van der Waals surface area contributed by atoms with Gasteiger partial charge in [0.05, 0.1) is 23.3 Å². The molecule has 232 valence electrons. The van der Waals surface area contributed by atoms with Crippen LogP contribution in [0, 0.1) is 6.92 Å². The standard InChI is InChI=1S/C31H36F3N3O5S/c1-6-28(30(39)35-21(2)3)36(19-23-9-7-12-26(17-23)42-5)29(38)20-37(25-11-8-10-24(18-25)31(32,33)34)43(40,41)27-15-13-22(4)14-16-27/h7-18,21,28H,6,19-20H2,1-5H3,(H,35,39)/t28-/m0/s1. The van der Waals surface area contributed by atoms with Crippen molar-refractivity contribution in [1.29, 1.82) is 0 Å². The third kappa shape index (κ3) is 8.50. The molecular formula is C31H36F3N3O5S.